The van der Waals surface area contributed by atoms with Crippen LogP contribution in [0.4, 0.5) is 0 Å². The zero-order valence-corrected chi connectivity index (χ0v) is 22.7. The minimum atomic E-state index is -0.0663. The fourth-order valence-electron chi connectivity index (χ4n) is 4.12. The Morgan fingerprint density at radius 3 is 1.58 bits per heavy atom. The molecule has 0 aliphatic rings. The van der Waals surface area contributed by atoms with Crippen LogP contribution in [-0.4, -0.2) is 39.0 Å². The van der Waals surface area contributed by atoms with Crippen molar-refractivity contribution in [2.24, 2.45) is 5.92 Å². The van der Waals surface area contributed by atoms with Crippen LogP contribution in [-0.2, 0) is 19.0 Å². The Kier molecular flexibility index (Phi) is 27.1. The lowest BCUT2D eigenvalue weighted by atomic mass is 9.95. The van der Waals surface area contributed by atoms with E-state index in [4.69, 9.17) is 14.2 Å². The second-order valence-corrected chi connectivity index (χ2v) is 9.70. The largest absolute Gasteiger partial charge is 0.465 e. The molecule has 0 aliphatic heterocycles. The van der Waals surface area contributed by atoms with Crippen molar-refractivity contribution < 1.29 is 19.0 Å². The summed E-state index contributed by atoms with van der Waals surface area (Å²) in [6, 6.07) is 0. The quantitative estimate of drug-likeness (QED) is 0.0890. The molecule has 0 saturated heterocycles. The summed E-state index contributed by atoms with van der Waals surface area (Å²) in [4.78, 5) is 12.2. The lowest BCUT2D eigenvalue weighted by Gasteiger charge is -2.17. The molecule has 0 aromatic carbocycles. The molecule has 0 aromatic heterocycles. The molecule has 33 heavy (non-hydrogen) atoms. The van der Waals surface area contributed by atoms with Crippen LogP contribution in [0.15, 0.2) is 0 Å². The van der Waals surface area contributed by atoms with Crippen molar-refractivity contribution in [3.8, 4) is 0 Å². The van der Waals surface area contributed by atoms with E-state index in [1.807, 2.05) is 0 Å². The van der Waals surface area contributed by atoms with Crippen LogP contribution in [0.3, 0.4) is 0 Å². The molecule has 0 bridgehead atoms. The van der Waals surface area contributed by atoms with Gasteiger partial charge in [0.1, 0.15) is 0 Å². The normalized spacial score (nSPS) is 12.2. The van der Waals surface area contributed by atoms with Crippen LogP contribution >= 0.6 is 0 Å². The summed E-state index contributed by atoms with van der Waals surface area (Å²) in [7, 11) is 0. The number of ether oxygens (including phenoxy) is 3. The smallest absolute Gasteiger partial charge is 0.305 e. The molecular weight excluding hydrogens is 412 g/mol. The summed E-state index contributed by atoms with van der Waals surface area (Å²) in [6.07, 6.45) is 23.0. The fourth-order valence-corrected chi connectivity index (χ4v) is 4.12. The van der Waals surface area contributed by atoms with Crippen molar-refractivity contribution in [2.45, 2.75) is 143 Å². The van der Waals surface area contributed by atoms with Gasteiger partial charge in [0.2, 0.25) is 0 Å². The molecule has 0 aromatic rings. The van der Waals surface area contributed by atoms with Gasteiger partial charge in [0.15, 0.2) is 0 Å². The molecule has 1 atom stereocenters. The maximum atomic E-state index is 12.2. The SMILES string of the molecule is CCCCCCCCC(CCCCCC)COC(=O)CCCOCCOCCCCCCC. The molecule has 4 heteroatoms. The maximum absolute atomic E-state index is 12.2. The Hall–Kier alpha value is -0.610. The van der Waals surface area contributed by atoms with Gasteiger partial charge in [-0.15, -0.1) is 0 Å². The first-order valence-corrected chi connectivity index (χ1v) is 14.6. The van der Waals surface area contributed by atoms with E-state index in [1.54, 1.807) is 0 Å². The molecule has 198 valence electrons. The third-order valence-corrected chi connectivity index (χ3v) is 6.35. The highest BCUT2D eigenvalue weighted by Crippen LogP contribution is 2.19. The molecule has 1 unspecified atom stereocenters. The lowest BCUT2D eigenvalue weighted by Crippen LogP contribution is -2.15. The van der Waals surface area contributed by atoms with Gasteiger partial charge in [-0.05, 0) is 31.6 Å². The first kappa shape index (κ1) is 32.4. The maximum Gasteiger partial charge on any atom is 0.305 e. The predicted molar refractivity (Wildman–Crippen MR) is 141 cm³/mol. The average molecular weight is 471 g/mol. The van der Waals surface area contributed by atoms with E-state index in [0.717, 1.165) is 19.4 Å². The molecule has 0 radical (unpaired) electrons. The molecule has 0 heterocycles. The average Bonchev–Trinajstić information content (AvgIpc) is 2.82. The highest BCUT2D eigenvalue weighted by Gasteiger charge is 2.12. The van der Waals surface area contributed by atoms with E-state index in [2.05, 4.69) is 20.8 Å². The van der Waals surface area contributed by atoms with Gasteiger partial charge < -0.3 is 14.2 Å². The lowest BCUT2D eigenvalue weighted by molar-refractivity contribution is -0.145. The van der Waals surface area contributed by atoms with Crippen molar-refractivity contribution in [1.82, 2.24) is 0 Å². The van der Waals surface area contributed by atoms with Crippen molar-refractivity contribution in [1.29, 1.82) is 0 Å². The highest BCUT2D eigenvalue weighted by molar-refractivity contribution is 5.69. The van der Waals surface area contributed by atoms with E-state index < -0.39 is 0 Å². The van der Waals surface area contributed by atoms with Gasteiger partial charge in [0.25, 0.3) is 0 Å². The van der Waals surface area contributed by atoms with Crippen LogP contribution in [0, 0.1) is 5.92 Å². The monoisotopic (exact) mass is 470 g/mol. The number of unbranched alkanes of at least 4 members (excludes halogenated alkanes) is 12. The first-order chi connectivity index (χ1) is 16.2. The Labute approximate surface area is 206 Å². The summed E-state index contributed by atoms with van der Waals surface area (Å²) >= 11 is 0. The molecule has 0 saturated carbocycles. The van der Waals surface area contributed by atoms with E-state index in [9.17, 15) is 4.79 Å². The van der Waals surface area contributed by atoms with E-state index in [1.165, 1.54) is 103 Å². The summed E-state index contributed by atoms with van der Waals surface area (Å²) in [5, 5.41) is 0. The third kappa shape index (κ3) is 25.8. The van der Waals surface area contributed by atoms with Crippen molar-refractivity contribution >= 4 is 5.97 Å². The molecule has 0 rings (SSSR count). The number of hydrogen-bond acceptors (Lipinski definition) is 4. The number of carbonyl (C=O) groups excluding carboxylic acids is 1. The van der Waals surface area contributed by atoms with E-state index in [-0.39, 0.29) is 5.97 Å². The van der Waals surface area contributed by atoms with Crippen LogP contribution in [0.25, 0.3) is 0 Å². The number of esters is 1. The van der Waals surface area contributed by atoms with Gasteiger partial charge in [0.05, 0.1) is 19.8 Å². The van der Waals surface area contributed by atoms with Crippen LogP contribution in [0.2, 0.25) is 0 Å². The summed E-state index contributed by atoms with van der Waals surface area (Å²) < 4.78 is 16.8. The first-order valence-electron chi connectivity index (χ1n) is 14.6. The fraction of sp³-hybridized carbons (Fsp3) is 0.966. The number of rotatable bonds is 27. The van der Waals surface area contributed by atoms with E-state index >= 15 is 0 Å². The van der Waals surface area contributed by atoms with Gasteiger partial charge >= 0.3 is 5.97 Å². The van der Waals surface area contributed by atoms with Gasteiger partial charge in [-0.1, -0.05) is 111 Å². The molecule has 0 aliphatic carbocycles. The minimum Gasteiger partial charge on any atom is -0.465 e. The summed E-state index contributed by atoms with van der Waals surface area (Å²) in [5.41, 5.74) is 0. The van der Waals surface area contributed by atoms with E-state index in [0.29, 0.717) is 38.8 Å². The van der Waals surface area contributed by atoms with Crippen molar-refractivity contribution in [2.75, 3.05) is 33.0 Å². The Bertz CT molecular complexity index is 386. The molecule has 0 fully saturated rings. The zero-order chi connectivity index (χ0) is 24.2. The predicted octanol–water partition coefficient (Wildman–Crippen LogP) is 8.65. The molecule has 0 N–H and O–H groups in total. The van der Waals surface area contributed by atoms with Gasteiger partial charge in [0, 0.05) is 19.6 Å². The van der Waals surface area contributed by atoms with Crippen LogP contribution < -0.4 is 0 Å². The Balaban J connectivity index is 3.74. The molecule has 0 amide bonds. The van der Waals surface area contributed by atoms with Crippen LogP contribution in [0.1, 0.15) is 143 Å². The highest BCUT2D eigenvalue weighted by atomic mass is 16.5. The topological polar surface area (TPSA) is 44.8 Å². The summed E-state index contributed by atoms with van der Waals surface area (Å²) in [5.74, 6) is 0.468. The second kappa shape index (κ2) is 27.6. The number of hydrogen-bond donors (Lipinski definition) is 0. The zero-order valence-electron chi connectivity index (χ0n) is 22.7. The van der Waals surface area contributed by atoms with Gasteiger partial charge in [-0.25, -0.2) is 0 Å². The van der Waals surface area contributed by atoms with Crippen molar-refractivity contribution in [3.05, 3.63) is 0 Å². The molecule has 4 nitrogen and oxygen atoms in total. The van der Waals surface area contributed by atoms with Crippen molar-refractivity contribution in [3.63, 3.8) is 0 Å². The minimum absolute atomic E-state index is 0.0663. The standard InChI is InChI=1S/C29H58O4/c1-4-7-10-13-14-17-21-28(20-16-12-9-6-3)27-33-29(30)22-19-24-32-26-25-31-23-18-15-11-8-5-2/h28H,4-27H2,1-3H3. The van der Waals surface area contributed by atoms with Crippen LogP contribution in [0.5, 0.6) is 0 Å². The Morgan fingerprint density at radius 1 is 0.545 bits per heavy atom. The summed E-state index contributed by atoms with van der Waals surface area (Å²) in [6.45, 7) is 10.0. The Morgan fingerprint density at radius 2 is 1.00 bits per heavy atom. The molecular formula is C29H58O4. The molecule has 0 spiro atoms. The number of carbonyl (C=O) groups is 1. The van der Waals surface area contributed by atoms with Gasteiger partial charge in [-0.2, -0.15) is 0 Å². The third-order valence-electron chi connectivity index (χ3n) is 6.35. The van der Waals surface area contributed by atoms with Gasteiger partial charge in [-0.3, -0.25) is 4.79 Å². The second-order valence-electron chi connectivity index (χ2n) is 9.70.